The minimum absolute atomic E-state index is 0.0750. The van der Waals surface area contributed by atoms with Crippen LogP contribution in [0.5, 0.6) is 17.5 Å². The number of hydrogen-bond donors (Lipinski definition) is 0. The number of nitrogens with zero attached hydrogens (tertiary/aromatic N) is 7. The van der Waals surface area contributed by atoms with Gasteiger partial charge in [-0.3, -0.25) is 0 Å². The number of aromatic nitrogens is 6. The number of para-hydroxylation sites is 1. The highest BCUT2D eigenvalue weighted by molar-refractivity contribution is 5.79. The number of furan rings is 1. The van der Waals surface area contributed by atoms with Gasteiger partial charge in [0.15, 0.2) is 18.1 Å². The quantitative estimate of drug-likeness (QED) is 0.206. The lowest BCUT2D eigenvalue weighted by Gasteiger charge is -2.24. The third-order valence-corrected chi connectivity index (χ3v) is 6.68. The van der Waals surface area contributed by atoms with Gasteiger partial charge in [-0.25, -0.2) is 19.2 Å². The van der Waals surface area contributed by atoms with Crippen LogP contribution in [0.4, 0.5) is 0 Å². The Morgan fingerprint density at radius 2 is 1.85 bits per heavy atom. The van der Waals surface area contributed by atoms with Crippen molar-refractivity contribution < 1.29 is 18.7 Å². The average molecular weight is 534 g/mol. The summed E-state index contributed by atoms with van der Waals surface area (Å²) in [5.74, 6) is 2.59. The Bertz CT molecular complexity index is 1820. The minimum Gasteiger partial charge on any atom is -0.497 e. The zero-order valence-corrected chi connectivity index (χ0v) is 21.6. The van der Waals surface area contributed by atoms with E-state index < -0.39 is 0 Å². The third-order valence-electron chi connectivity index (χ3n) is 6.68. The Balaban J connectivity index is 1.24. The second-order valence-corrected chi connectivity index (χ2v) is 9.14. The largest absolute Gasteiger partial charge is 0.497 e. The van der Waals surface area contributed by atoms with Gasteiger partial charge in [-0.05, 0) is 61.0 Å². The second kappa shape index (κ2) is 9.70. The Hall–Kier alpha value is -5.45. The maximum atomic E-state index is 6.40. The minimum atomic E-state index is -0.353. The van der Waals surface area contributed by atoms with Crippen LogP contribution in [0.2, 0.25) is 0 Å². The second-order valence-electron chi connectivity index (χ2n) is 9.14. The summed E-state index contributed by atoms with van der Waals surface area (Å²) in [5, 5.41) is 13.4. The molecule has 0 bridgehead atoms. The fourth-order valence-corrected chi connectivity index (χ4v) is 4.85. The van der Waals surface area contributed by atoms with Crippen molar-refractivity contribution in [2.75, 3.05) is 7.11 Å². The SMILES string of the molecule is COc1ccc(C=NOCc2nc3c4c(ncn3n2)Oc2c(c(C)nn2-c2ccccc2)C4c2ccco2)cc1. The van der Waals surface area contributed by atoms with Crippen LogP contribution in [0.3, 0.4) is 0 Å². The van der Waals surface area contributed by atoms with E-state index in [1.54, 1.807) is 35.1 Å². The molecule has 0 aliphatic carbocycles. The molecule has 1 unspecified atom stereocenters. The summed E-state index contributed by atoms with van der Waals surface area (Å²) in [7, 11) is 1.63. The van der Waals surface area contributed by atoms with Gasteiger partial charge in [-0.1, -0.05) is 23.4 Å². The molecule has 198 valence electrons. The van der Waals surface area contributed by atoms with Crippen LogP contribution < -0.4 is 9.47 Å². The molecule has 2 aromatic carbocycles. The van der Waals surface area contributed by atoms with E-state index >= 15 is 0 Å². The smallest absolute Gasteiger partial charge is 0.230 e. The van der Waals surface area contributed by atoms with E-state index in [0.717, 1.165) is 39.6 Å². The summed E-state index contributed by atoms with van der Waals surface area (Å²) in [4.78, 5) is 14.9. The van der Waals surface area contributed by atoms with E-state index in [1.165, 1.54) is 0 Å². The summed E-state index contributed by atoms with van der Waals surface area (Å²) in [6.07, 6.45) is 4.85. The molecule has 0 radical (unpaired) electrons. The molecule has 4 aromatic heterocycles. The van der Waals surface area contributed by atoms with Crippen molar-refractivity contribution >= 4 is 11.9 Å². The van der Waals surface area contributed by atoms with Gasteiger partial charge in [0.05, 0.1) is 48.0 Å². The molecule has 7 rings (SSSR count). The van der Waals surface area contributed by atoms with Crippen molar-refractivity contribution in [1.29, 1.82) is 0 Å². The first-order chi connectivity index (χ1) is 19.7. The zero-order valence-electron chi connectivity index (χ0n) is 21.6. The van der Waals surface area contributed by atoms with E-state index in [1.807, 2.05) is 73.7 Å². The number of aryl methyl sites for hydroxylation is 1. The number of hydrogen-bond acceptors (Lipinski definition) is 9. The van der Waals surface area contributed by atoms with Gasteiger partial charge in [0, 0.05) is 0 Å². The van der Waals surface area contributed by atoms with Gasteiger partial charge in [0.2, 0.25) is 11.8 Å². The van der Waals surface area contributed by atoms with E-state index in [0.29, 0.717) is 23.2 Å². The Kier molecular flexibility index (Phi) is 5.73. The summed E-state index contributed by atoms with van der Waals surface area (Å²) in [6.45, 7) is 2.03. The number of benzene rings is 2. The standard InChI is InChI=1S/C29H23N7O4/c1-18-24-25(22-9-6-14-38-22)26-27-32-23(16-39-31-15-19-10-12-21(37-2)13-11-19)34-35(27)17-30-28(26)40-29(24)36(33-18)20-7-4-3-5-8-20/h3-15,17,25H,16H2,1-2H3. The predicted octanol–water partition coefficient (Wildman–Crippen LogP) is 5.06. The Morgan fingerprint density at radius 1 is 1.00 bits per heavy atom. The van der Waals surface area contributed by atoms with Crippen molar-refractivity contribution in [3.63, 3.8) is 0 Å². The monoisotopic (exact) mass is 533 g/mol. The number of ether oxygens (including phenoxy) is 2. The molecule has 1 aliphatic heterocycles. The highest BCUT2D eigenvalue weighted by Crippen LogP contribution is 2.49. The van der Waals surface area contributed by atoms with Crippen LogP contribution in [-0.4, -0.2) is 42.7 Å². The molecule has 40 heavy (non-hydrogen) atoms. The maximum absolute atomic E-state index is 6.40. The molecule has 1 aliphatic rings. The fraction of sp³-hybridized carbons (Fsp3) is 0.138. The van der Waals surface area contributed by atoms with E-state index in [4.69, 9.17) is 28.8 Å². The zero-order chi connectivity index (χ0) is 27.1. The molecule has 11 nitrogen and oxygen atoms in total. The van der Waals surface area contributed by atoms with Gasteiger partial charge < -0.3 is 18.7 Å². The topological polar surface area (TPSA) is 114 Å². The molecule has 0 fully saturated rings. The van der Waals surface area contributed by atoms with Crippen molar-refractivity contribution in [2.45, 2.75) is 19.4 Å². The van der Waals surface area contributed by atoms with E-state index in [9.17, 15) is 0 Å². The molecule has 0 saturated heterocycles. The number of oxime groups is 1. The van der Waals surface area contributed by atoms with Crippen molar-refractivity contribution in [3.8, 4) is 23.2 Å². The van der Waals surface area contributed by atoms with Gasteiger partial charge in [-0.15, -0.1) is 5.10 Å². The highest BCUT2D eigenvalue weighted by Gasteiger charge is 2.39. The van der Waals surface area contributed by atoms with Gasteiger partial charge >= 0.3 is 0 Å². The lowest BCUT2D eigenvalue weighted by atomic mass is 9.88. The summed E-state index contributed by atoms with van der Waals surface area (Å²) >= 11 is 0. The molecule has 0 N–H and O–H groups in total. The van der Waals surface area contributed by atoms with Crippen LogP contribution in [-0.2, 0) is 11.4 Å². The van der Waals surface area contributed by atoms with Crippen LogP contribution in [0.15, 0.2) is 88.9 Å². The molecule has 0 amide bonds. The highest BCUT2D eigenvalue weighted by atomic mass is 16.6. The Labute approximate surface area is 228 Å². The van der Waals surface area contributed by atoms with Gasteiger partial charge in [-0.2, -0.15) is 5.10 Å². The van der Waals surface area contributed by atoms with Crippen molar-refractivity contribution in [2.24, 2.45) is 5.16 Å². The molecule has 0 spiro atoms. The van der Waals surface area contributed by atoms with E-state index in [-0.39, 0.29) is 12.5 Å². The normalized spacial score (nSPS) is 14.2. The first-order valence-corrected chi connectivity index (χ1v) is 12.6. The molecular formula is C29H23N7O4. The maximum Gasteiger partial charge on any atom is 0.230 e. The van der Waals surface area contributed by atoms with Crippen LogP contribution >= 0.6 is 0 Å². The summed E-state index contributed by atoms with van der Waals surface area (Å²) in [5.41, 5.74) is 4.77. The molecule has 0 saturated carbocycles. The van der Waals surface area contributed by atoms with Gasteiger partial charge in [0.1, 0.15) is 17.8 Å². The van der Waals surface area contributed by atoms with Crippen LogP contribution in [0.25, 0.3) is 11.3 Å². The van der Waals surface area contributed by atoms with Gasteiger partial charge in [0.25, 0.3) is 0 Å². The lowest BCUT2D eigenvalue weighted by molar-refractivity contribution is 0.126. The fourth-order valence-electron chi connectivity index (χ4n) is 4.85. The lowest BCUT2D eigenvalue weighted by Crippen LogP contribution is -2.15. The summed E-state index contributed by atoms with van der Waals surface area (Å²) in [6, 6.07) is 21.1. The van der Waals surface area contributed by atoms with E-state index in [2.05, 4.69) is 15.2 Å². The number of fused-ring (bicyclic) bond motifs is 4. The van der Waals surface area contributed by atoms with Crippen molar-refractivity contribution in [3.05, 3.63) is 113 Å². The number of rotatable bonds is 7. The molecule has 6 aromatic rings. The average Bonchev–Trinajstić information content (AvgIpc) is 3.74. The first-order valence-electron chi connectivity index (χ1n) is 12.6. The predicted molar refractivity (Wildman–Crippen MR) is 144 cm³/mol. The van der Waals surface area contributed by atoms with Crippen LogP contribution in [0, 0.1) is 6.92 Å². The van der Waals surface area contributed by atoms with Crippen LogP contribution in [0.1, 0.15) is 39.9 Å². The van der Waals surface area contributed by atoms with Crippen molar-refractivity contribution in [1.82, 2.24) is 29.4 Å². The first kappa shape index (κ1) is 23.7. The Morgan fingerprint density at radius 3 is 2.62 bits per heavy atom. The molecular weight excluding hydrogens is 510 g/mol. The molecule has 5 heterocycles. The summed E-state index contributed by atoms with van der Waals surface area (Å²) < 4.78 is 20.9. The number of methoxy groups -OCH3 is 1. The molecule has 1 atom stereocenters. The molecule has 11 heteroatoms. The third kappa shape index (κ3) is 4.04.